The van der Waals surface area contributed by atoms with E-state index < -0.39 is 15.8 Å². The first-order chi connectivity index (χ1) is 13.5. The van der Waals surface area contributed by atoms with Gasteiger partial charge in [0.15, 0.2) is 5.82 Å². The molecule has 1 saturated heterocycles. The summed E-state index contributed by atoms with van der Waals surface area (Å²) in [6.07, 6.45) is 3.68. The van der Waals surface area contributed by atoms with Crippen LogP contribution in [0.4, 0.5) is 4.39 Å². The molecule has 2 aliphatic rings. The molecule has 28 heavy (non-hydrogen) atoms. The van der Waals surface area contributed by atoms with Gasteiger partial charge in [-0.1, -0.05) is 23.4 Å². The molecule has 0 unspecified atom stereocenters. The van der Waals surface area contributed by atoms with E-state index in [4.69, 9.17) is 9.26 Å². The lowest BCUT2D eigenvalue weighted by Gasteiger charge is -2.29. The number of benzene rings is 1. The van der Waals surface area contributed by atoms with E-state index in [0.29, 0.717) is 50.2 Å². The summed E-state index contributed by atoms with van der Waals surface area (Å²) < 4.78 is 51.3. The summed E-state index contributed by atoms with van der Waals surface area (Å²) in [5, 5.41) is 4.04. The molecule has 152 valence electrons. The Morgan fingerprint density at radius 2 is 1.93 bits per heavy atom. The van der Waals surface area contributed by atoms with Gasteiger partial charge in [0, 0.05) is 24.6 Å². The Morgan fingerprint density at radius 3 is 2.64 bits per heavy atom. The molecule has 4 rings (SSSR count). The number of hydrogen-bond donors (Lipinski definition) is 0. The predicted octanol–water partition coefficient (Wildman–Crippen LogP) is 2.84. The van der Waals surface area contributed by atoms with Gasteiger partial charge in [-0.25, -0.2) is 17.1 Å². The van der Waals surface area contributed by atoms with Crippen LogP contribution < -0.4 is 0 Å². The van der Waals surface area contributed by atoms with Crippen molar-refractivity contribution in [3.63, 3.8) is 0 Å². The highest BCUT2D eigenvalue weighted by molar-refractivity contribution is 7.88. The van der Waals surface area contributed by atoms with E-state index in [1.807, 2.05) is 0 Å². The molecule has 0 amide bonds. The molecule has 2 aromatic rings. The maximum absolute atomic E-state index is 13.8. The van der Waals surface area contributed by atoms with Crippen molar-refractivity contribution < 1.29 is 22.1 Å². The lowest BCUT2D eigenvalue weighted by atomic mass is 9.98. The lowest BCUT2D eigenvalue weighted by Crippen LogP contribution is -2.38. The third kappa shape index (κ3) is 4.76. The van der Waals surface area contributed by atoms with Gasteiger partial charge in [0.05, 0.1) is 12.4 Å². The van der Waals surface area contributed by atoms with Gasteiger partial charge >= 0.3 is 0 Å². The molecule has 7 nitrogen and oxygen atoms in total. The summed E-state index contributed by atoms with van der Waals surface area (Å²) in [6, 6.07) is 5.97. The first-order valence-electron chi connectivity index (χ1n) is 9.63. The second-order valence-corrected chi connectivity index (χ2v) is 9.49. The molecule has 9 heteroatoms. The Hall–Kier alpha value is -1.84. The van der Waals surface area contributed by atoms with Crippen LogP contribution in [0, 0.1) is 11.7 Å². The maximum atomic E-state index is 13.8. The number of halogens is 1. The highest BCUT2D eigenvalue weighted by atomic mass is 32.2. The van der Waals surface area contributed by atoms with Crippen LogP contribution in [-0.2, 0) is 27.1 Å². The van der Waals surface area contributed by atoms with Crippen molar-refractivity contribution in [1.29, 1.82) is 0 Å². The molecule has 1 aromatic heterocycles. The van der Waals surface area contributed by atoms with Gasteiger partial charge in [-0.15, -0.1) is 0 Å². The Bertz CT molecular complexity index is 905. The zero-order valence-electron chi connectivity index (χ0n) is 15.6. The summed E-state index contributed by atoms with van der Waals surface area (Å²) in [4.78, 5) is 4.40. The topological polar surface area (TPSA) is 85.5 Å². The summed E-state index contributed by atoms with van der Waals surface area (Å²) in [5.41, 5.74) is 0.193. The molecule has 0 spiro atoms. The normalized spacial score (nSPS) is 19.2. The largest absolute Gasteiger partial charge is 0.371 e. The number of aromatic nitrogens is 2. The van der Waals surface area contributed by atoms with E-state index >= 15 is 0 Å². The average Bonchev–Trinajstić information content (AvgIpc) is 3.39. The minimum atomic E-state index is -3.56. The minimum Gasteiger partial charge on any atom is -0.371 e. The van der Waals surface area contributed by atoms with E-state index in [2.05, 4.69) is 10.1 Å². The van der Waals surface area contributed by atoms with Gasteiger partial charge in [0.25, 0.3) is 5.89 Å². The summed E-state index contributed by atoms with van der Waals surface area (Å²) in [7, 11) is -3.56. The van der Waals surface area contributed by atoms with Crippen molar-refractivity contribution in [2.45, 2.75) is 44.0 Å². The van der Waals surface area contributed by atoms with E-state index in [1.165, 1.54) is 29.3 Å². The Labute approximate surface area is 163 Å². The van der Waals surface area contributed by atoms with E-state index in [1.54, 1.807) is 12.1 Å². The summed E-state index contributed by atoms with van der Waals surface area (Å²) in [6.45, 7) is 1.78. The highest BCUT2D eigenvalue weighted by Crippen LogP contribution is 2.30. The van der Waals surface area contributed by atoms with Crippen molar-refractivity contribution in [2.24, 2.45) is 5.92 Å². The van der Waals surface area contributed by atoms with Gasteiger partial charge in [0.1, 0.15) is 12.4 Å². The number of nitrogens with zero attached hydrogens (tertiary/aromatic N) is 3. The Morgan fingerprint density at radius 1 is 1.18 bits per heavy atom. The molecule has 2 heterocycles. The van der Waals surface area contributed by atoms with Crippen LogP contribution >= 0.6 is 0 Å². The Balaban J connectivity index is 1.30. The van der Waals surface area contributed by atoms with Crippen LogP contribution in [-0.4, -0.2) is 42.6 Å². The fourth-order valence-electron chi connectivity index (χ4n) is 3.39. The smallest absolute Gasteiger partial charge is 0.252 e. The van der Waals surface area contributed by atoms with Crippen LogP contribution in [0.2, 0.25) is 0 Å². The van der Waals surface area contributed by atoms with Crippen molar-refractivity contribution in [1.82, 2.24) is 14.4 Å². The fourth-order valence-corrected chi connectivity index (χ4v) is 4.96. The third-order valence-electron chi connectivity index (χ3n) is 5.27. The van der Waals surface area contributed by atoms with Gasteiger partial charge in [-0.2, -0.15) is 4.98 Å². The van der Waals surface area contributed by atoms with Gasteiger partial charge in [-0.3, -0.25) is 0 Å². The molecule has 0 bridgehead atoms. The molecule has 1 saturated carbocycles. The standard InChI is InChI=1S/C19H24FN3O4S/c20-17-4-2-1-3-16(17)13-28(24,25)23-9-7-15(8-10-23)19-21-18(27-22-19)12-26-11-14-5-6-14/h1-4,14-15H,5-13H2. The van der Waals surface area contributed by atoms with Crippen molar-refractivity contribution >= 4 is 10.0 Å². The molecule has 0 radical (unpaired) electrons. The first kappa shape index (κ1) is 19.5. The van der Waals surface area contributed by atoms with Crippen LogP contribution in [0.15, 0.2) is 28.8 Å². The number of sulfonamides is 1. The van der Waals surface area contributed by atoms with Crippen molar-refractivity contribution in [2.75, 3.05) is 19.7 Å². The predicted molar refractivity (Wildman–Crippen MR) is 99.2 cm³/mol. The zero-order valence-corrected chi connectivity index (χ0v) is 16.4. The quantitative estimate of drug-likeness (QED) is 0.666. The summed E-state index contributed by atoms with van der Waals surface area (Å²) >= 11 is 0. The highest BCUT2D eigenvalue weighted by Gasteiger charge is 2.31. The monoisotopic (exact) mass is 409 g/mol. The number of hydrogen-bond acceptors (Lipinski definition) is 6. The molecule has 0 N–H and O–H groups in total. The second kappa shape index (κ2) is 8.26. The number of ether oxygens (including phenoxy) is 1. The van der Waals surface area contributed by atoms with E-state index in [9.17, 15) is 12.8 Å². The summed E-state index contributed by atoms with van der Waals surface area (Å²) in [5.74, 6) is 0.985. The van der Waals surface area contributed by atoms with Gasteiger partial charge in [0.2, 0.25) is 10.0 Å². The molecule has 2 fully saturated rings. The van der Waals surface area contributed by atoms with Crippen LogP contribution in [0.3, 0.4) is 0 Å². The molecule has 1 aromatic carbocycles. The van der Waals surface area contributed by atoms with Crippen LogP contribution in [0.25, 0.3) is 0 Å². The first-order valence-corrected chi connectivity index (χ1v) is 11.2. The number of rotatable bonds is 8. The van der Waals surface area contributed by atoms with Gasteiger partial charge < -0.3 is 9.26 Å². The third-order valence-corrected chi connectivity index (χ3v) is 7.10. The zero-order chi connectivity index (χ0) is 19.6. The Kier molecular flexibility index (Phi) is 5.75. The minimum absolute atomic E-state index is 0.0563. The molecule has 1 aliphatic heterocycles. The SMILES string of the molecule is O=S(=O)(Cc1ccccc1F)N1CCC(c2noc(COCC3CC3)n2)CC1. The van der Waals surface area contributed by atoms with Crippen molar-refractivity contribution in [3.05, 3.63) is 47.4 Å². The van der Waals surface area contributed by atoms with E-state index in [-0.39, 0.29) is 17.2 Å². The van der Waals surface area contributed by atoms with Gasteiger partial charge in [-0.05, 0) is 37.7 Å². The molecular formula is C19H24FN3O4S. The molecule has 1 aliphatic carbocycles. The average molecular weight is 409 g/mol. The lowest BCUT2D eigenvalue weighted by molar-refractivity contribution is 0.0894. The molecule has 0 atom stereocenters. The second-order valence-electron chi connectivity index (χ2n) is 7.53. The maximum Gasteiger partial charge on any atom is 0.252 e. The van der Waals surface area contributed by atoms with Crippen LogP contribution in [0.5, 0.6) is 0 Å². The van der Waals surface area contributed by atoms with Crippen molar-refractivity contribution in [3.8, 4) is 0 Å². The molecular weight excluding hydrogens is 385 g/mol. The van der Waals surface area contributed by atoms with Crippen LogP contribution in [0.1, 0.15) is 48.9 Å². The van der Waals surface area contributed by atoms with E-state index in [0.717, 1.165) is 6.61 Å². The fraction of sp³-hybridized carbons (Fsp3) is 0.579. The number of piperidine rings is 1.